The van der Waals surface area contributed by atoms with Crippen molar-refractivity contribution in [2.45, 2.75) is 11.3 Å². The number of nitrogens with zero attached hydrogens (tertiary/aromatic N) is 5. The van der Waals surface area contributed by atoms with Crippen molar-refractivity contribution < 1.29 is 17.9 Å². The molecule has 0 saturated heterocycles. The Morgan fingerprint density at radius 3 is 2.27 bits per heavy atom. The maximum Gasteiger partial charge on any atom is 0.285 e. The predicted octanol–water partition coefficient (Wildman–Crippen LogP) is 6.81. The average molecular weight is 714 g/mol. The van der Waals surface area contributed by atoms with E-state index in [1.54, 1.807) is 33.7 Å². The van der Waals surface area contributed by atoms with Gasteiger partial charge in [0.15, 0.2) is 11.5 Å². The van der Waals surface area contributed by atoms with Crippen LogP contribution in [-0.2, 0) is 16.4 Å². The highest BCUT2D eigenvalue weighted by molar-refractivity contribution is 7.90. The molecule has 0 spiro atoms. The van der Waals surface area contributed by atoms with Crippen LogP contribution in [0.15, 0.2) is 134 Å². The summed E-state index contributed by atoms with van der Waals surface area (Å²) < 4.78 is 45.8. The molecule has 13 heteroatoms. The average Bonchev–Trinajstić information content (AvgIpc) is 3.67. The molecule has 4 aromatic carbocycles. The molecular formula is C35H28ClN5O4S3. The lowest BCUT2D eigenvalue weighted by Crippen LogP contribution is -2.16. The van der Waals surface area contributed by atoms with Crippen molar-refractivity contribution >= 4 is 50.5 Å². The fourth-order valence-corrected chi connectivity index (χ4v) is 8.38. The van der Waals surface area contributed by atoms with Crippen molar-refractivity contribution in [3.63, 3.8) is 0 Å². The number of thiazole rings is 2. The van der Waals surface area contributed by atoms with E-state index in [0.717, 1.165) is 29.0 Å². The van der Waals surface area contributed by atoms with Crippen molar-refractivity contribution in [1.29, 1.82) is 0 Å². The number of benzene rings is 4. The number of ether oxygens (including phenoxy) is 2. The van der Waals surface area contributed by atoms with Gasteiger partial charge in [0.25, 0.3) is 10.0 Å². The highest BCUT2D eigenvalue weighted by Gasteiger charge is 2.19. The van der Waals surface area contributed by atoms with Crippen LogP contribution in [0.5, 0.6) is 11.5 Å². The van der Waals surface area contributed by atoms with E-state index in [0.29, 0.717) is 46.6 Å². The summed E-state index contributed by atoms with van der Waals surface area (Å²) in [6.45, 7) is 1.55. The smallest absolute Gasteiger partial charge is 0.285 e. The summed E-state index contributed by atoms with van der Waals surface area (Å²) in [5.74, 6) is 1.36. The summed E-state index contributed by atoms with van der Waals surface area (Å²) >= 11 is 9.57. The van der Waals surface area contributed by atoms with Crippen LogP contribution in [0.3, 0.4) is 0 Å². The standard InChI is InChI=1S/C35H28ClN5O4S3/c36-33-32(47-35(40(33)27-12-6-2-7-13-27)39-48(42,43)28-14-8-3-9-15-28)23-38-41-29(26-16-17-30-31(22-26)45-21-20-44-30)24-46-34(41)37-19-18-25-10-4-1-5-11-25/h1-17,22-24H,18-21H2/b37-34?,38-23+,39-35+. The molecule has 7 rings (SSSR count). The lowest BCUT2D eigenvalue weighted by atomic mass is 10.1. The van der Waals surface area contributed by atoms with Crippen LogP contribution < -0.4 is 19.1 Å². The van der Waals surface area contributed by atoms with E-state index < -0.39 is 10.0 Å². The second kappa shape index (κ2) is 14.2. The van der Waals surface area contributed by atoms with Gasteiger partial charge in [-0.1, -0.05) is 89.7 Å². The zero-order chi connectivity index (χ0) is 32.9. The maximum atomic E-state index is 13.3. The molecule has 3 heterocycles. The number of hydrogen-bond donors (Lipinski definition) is 0. The van der Waals surface area contributed by atoms with Gasteiger partial charge in [0, 0.05) is 23.2 Å². The number of fused-ring (bicyclic) bond motifs is 1. The summed E-state index contributed by atoms with van der Waals surface area (Å²) in [5.41, 5.74) is 3.53. The van der Waals surface area contributed by atoms with E-state index in [4.69, 9.17) is 31.2 Å². The largest absolute Gasteiger partial charge is 0.486 e. The summed E-state index contributed by atoms with van der Waals surface area (Å²) in [5, 5.41) is 7.14. The Balaban J connectivity index is 1.33. The molecule has 48 heavy (non-hydrogen) atoms. The van der Waals surface area contributed by atoms with E-state index >= 15 is 0 Å². The van der Waals surface area contributed by atoms with Gasteiger partial charge >= 0.3 is 0 Å². The topological polar surface area (TPSA) is 99.5 Å². The van der Waals surface area contributed by atoms with Gasteiger partial charge in [-0.15, -0.1) is 15.7 Å². The monoisotopic (exact) mass is 713 g/mol. The van der Waals surface area contributed by atoms with Crippen LogP contribution in [-0.4, -0.2) is 43.6 Å². The molecule has 0 saturated carbocycles. The number of para-hydroxylation sites is 1. The molecule has 0 bridgehead atoms. The van der Waals surface area contributed by atoms with Crippen molar-refractivity contribution in [2.75, 3.05) is 19.8 Å². The van der Waals surface area contributed by atoms with Crippen molar-refractivity contribution in [3.05, 3.63) is 140 Å². The molecule has 1 aliphatic rings. The van der Waals surface area contributed by atoms with Gasteiger partial charge in [-0.3, -0.25) is 9.56 Å². The van der Waals surface area contributed by atoms with Crippen molar-refractivity contribution in [1.82, 2.24) is 9.24 Å². The molecule has 9 nitrogen and oxygen atoms in total. The SMILES string of the molecule is O=S(=O)(/N=c1/sc(/C=N/n2c(-c3ccc4c(c3)OCCO4)csc2=NCCc2ccccc2)c(Cl)n1-c1ccccc1)c1ccccc1. The lowest BCUT2D eigenvalue weighted by Gasteiger charge is -2.18. The number of rotatable bonds is 9. The summed E-state index contributed by atoms with van der Waals surface area (Å²) in [6.07, 6.45) is 2.39. The first-order valence-electron chi connectivity index (χ1n) is 15.0. The van der Waals surface area contributed by atoms with E-state index in [9.17, 15) is 8.42 Å². The first-order valence-corrected chi connectivity index (χ1v) is 18.5. The molecule has 0 fully saturated rings. The summed E-state index contributed by atoms with van der Waals surface area (Å²) in [6, 6.07) is 33.3. The summed E-state index contributed by atoms with van der Waals surface area (Å²) in [4.78, 5) is 6.38. The Morgan fingerprint density at radius 2 is 1.52 bits per heavy atom. The van der Waals surface area contributed by atoms with E-state index in [1.165, 1.54) is 29.0 Å². The van der Waals surface area contributed by atoms with Crippen LogP contribution in [0.25, 0.3) is 16.9 Å². The van der Waals surface area contributed by atoms with E-state index in [1.807, 2.05) is 72.1 Å². The minimum atomic E-state index is -4.02. The Morgan fingerprint density at radius 1 is 0.833 bits per heavy atom. The van der Waals surface area contributed by atoms with Gasteiger partial charge in [-0.05, 0) is 54.4 Å². The van der Waals surface area contributed by atoms with Crippen LogP contribution in [0.4, 0.5) is 0 Å². The zero-order valence-corrected chi connectivity index (χ0v) is 28.6. The lowest BCUT2D eigenvalue weighted by molar-refractivity contribution is 0.171. The van der Waals surface area contributed by atoms with Crippen molar-refractivity contribution in [2.24, 2.45) is 14.5 Å². The second-order valence-corrected chi connectivity index (χ2v) is 14.3. The molecule has 0 radical (unpaired) electrons. The number of halogens is 1. The molecule has 0 atom stereocenters. The van der Waals surface area contributed by atoms with Gasteiger partial charge in [0.1, 0.15) is 18.4 Å². The Kier molecular flexibility index (Phi) is 9.39. The number of hydrogen-bond acceptors (Lipinski definition) is 8. The van der Waals surface area contributed by atoms with Crippen molar-refractivity contribution in [3.8, 4) is 28.4 Å². The molecule has 0 amide bonds. The van der Waals surface area contributed by atoms with Gasteiger partial charge in [-0.25, -0.2) is 4.68 Å². The second-order valence-electron chi connectivity index (χ2n) is 10.5. The minimum Gasteiger partial charge on any atom is -0.486 e. The van der Waals surface area contributed by atoms with Gasteiger partial charge in [0.2, 0.25) is 9.60 Å². The fraction of sp³-hybridized carbons (Fsp3) is 0.114. The highest BCUT2D eigenvalue weighted by atomic mass is 35.5. The molecule has 1 aliphatic heterocycles. The molecule has 2 aromatic heterocycles. The molecule has 0 unspecified atom stereocenters. The fourth-order valence-electron chi connectivity index (χ4n) is 5.02. The van der Waals surface area contributed by atoms with Gasteiger partial charge < -0.3 is 9.47 Å². The minimum absolute atomic E-state index is 0.0870. The third kappa shape index (κ3) is 6.92. The molecule has 0 aliphatic carbocycles. The van der Waals surface area contributed by atoms with E-state index in [-0.39, 0.29) is 14.8 Å². The number of aromatic nitrogens is 2. The third-order valence-electron chi connectivity index (χ3n) is 7.35. The zero-order valence-electron chi connectivity index (χ0n) is 25.3. The van der Waals surface area contributed by atoms with Crippen LogP contribution in [0.2, 0.25) is 5.15 Å². The maximum absolute atomic E-state index is 13.3. The first kappa shape index (κ1) is 31.8. The van der Waals surface area contributed by atoms with Crippen LogP contribution in [0.1, 0.15) is 10.4 Å². The predicted molar refractivity (Wildman–Crippen MR) is 190 cm³/mol. The molecular weight excluding hydrogens is 686 g/mol. The Bertz CT molecular complexity index is 2330. The molecule has 6 aromatic rings. The third-order valence-corrected chi connectivity index (χ3v) is 11.1. The van der Waals surface area contributed by atoms with Gasteiger partial charge in [0.05, 0.1) is 21.7 Å². The normalized spacial score (nSPS) is 13.8. The Labute approximate surface area is 290 Å². The molecule has 242 valence electrons. The van der Waals surface area contributed by atoms with Gasteiger partial charge in [-0.2, -0.15) is 13.5 Å². The highest BCUT2D eigenvalue weighted by Crippen LogP contribution is 2.35. The van der Waals surface area contributed by atoms with Crippen LogP contribution in [0, 0.1) is 0 Å². The summed E-state index contributed by atoms with van der Waals surface area (Å²) in [7, 11) is -4.02. The number of sulfonamides is 1. The molecule has 0 N–H and O–H groups in total. The quantitative estimate of drug-likeness (QED) is 0.154. The first-order chi connectivity index (χ1) is 23.5. The van der Waals surface area contributed by atoms with Crippen LogP contribution >= 0.6 is 34.3 Å². The Hall–Kier alpha value is -4.75. The van der Waals surface area contributed by atoms with E-state index in [2.05, 4.69) is 16.5 Å².